The number of nitrogens with two attached hydrogens (primary N) is 1. The molecule has 18 heavy (non-hydrogen) atoms. The van der Waals surface area contributed by atoms with Crippen LogP contribution < -0.4 is 11.1 Å². The summed E-state index contributed by atoms with van der Waals surface area (Å²) in [6.45, 7) is 8.92. The third kappa shape index (κ3) is 3.39. The van der Waals surface area contributed by atoms with Gasteiger partial charge in [-0.2, -0.15) is 0 Å². The van der Waals surface area contributed by atoms with Crippen LogP contribution in [-0.2, 0) is 0 Å². The van der Waals surface area contributed by atoms with Gasteiger partial charge in [-0.25, -0.2) is 0 Å². The van der Waals surface area contributed by atoms with Crippen LogP contribution in [0.3, 0.4) is 0 Å². The van der Waals surface area contributed by atoms with Crippen LogP contribution in [0, 0.1) is 19.3 Å². The second kappa shape index (κ2) is 5.76. The summed E-state index contributed by atoms with van der Waals surface area (Å²) >= 11 is 0. The summed E-state index contributed by atoms with van der Waals surface area (Å²) in [5, 5.41) is 15.2. The summed E-state index contributed by atoms with van der Waals surface area (Å²) in [5.74, 6) is 0.269. The zero-order valence-corrected chi connectivity index (χ0v) is 11.6. The minimum absolute atomic E-state index is 0.269. The van der Waals surface area contributed by atoms with E-state index >= 15 is 0 Å². The van der Waals surface area contributed by atoms with Gasteiger partial charge in [-0.1, -0.05) is 31.1 Å². The van der Waals surface area contributed by atoms with Crippen LogP contribution in [0.1, 0.15) is 31.4 Å². The number of rotatable bonds is 5. The Kier molecular flexibility index (Phi) is 4.59. The molecular formula is C14H23N3O. The summed E-state index contributed by atoms with van der Waals surface area (Å²) in [4.78, 5) is 0. The molecule has 1 rings (SSSR count). The first-order chi connectivity index (χ1) is 8.38. The predicted octanol–water partition coefficient (Wildman–Crippen LogP) is 2.88. The Balaban J connectivity index is 2.60. The van der Waals surface area contributed by atoms with Crippen molar-refractivity contribution >= 4 is 11.5 Å². The Morgan fingerprint density at radius 1 is 1.39 bits per heavy atom. The Labute approximate surface area is 109 Å². The van der Waals surface area contributed by atoms with Crippen molar-refractivity contribution in [2.24, 2.45) is 16.3 Å². The lowest BCUT2D eigenvalue weighted by molar-refractivity contribution is 0.306. The zero-order valence-electron chi connectivity index (χ0n) is 11.6. The quantitative estimate of drug-likeness (QED) is 0.325. The van der Waals surface area contributed by atoms with Gasteiger partial charge in [-0.3, -0.25) is 0 Å². The molecule has 0 fully saturated rings. The van der Waals surface area contributed by atoms with E-state index in [1.54, 1.807) is 0 Å². The average Bonchev–Trinajstić information content (AvgIpc) is 2.33. The van der Waals surface area contributed by atoms with E-state index in [0.29, 0.717) is 0 Å². The topological polar surface area (TPSA) is 70.6 Å². The van der Waals surface area contributed by atoms with Gasteiger partial charge >= 0.3 is 0 Å². The number of amidine groups is 1. The number of hydrogen-bond acceptors (Lipinski definition) is 3. The number of nitrogens with zero attached hydrogens (tertiary/aromatic N) is 1. The van der Waals surface area contributed by atoms with Crippen molar-refractivity contribution < 1.29 is 5.21 Å². The first-order valence-corrected chi connectivity index (χ1v) is 6.16. The van der Waals surface area contributed by atoms with E-state index in [0.717, 1.165) is 18.7 Å². The van der Waals surface area contributed by atoms with Gasteiger partial charge in [0.15, 0.2) is 0 Å². The summed E-state index contributed by atoms with van der Waals surface area (Å²) in [7, 11) is 0. The van der Waals surface area contributed by atoms with Crippen LogP contribution in [0.5, 0.6) is 0 Å². The van der Waals surface area contributed by atoms with Crippen LogP contribution in [0.2, 0.25) is 0 Å². The predicted molar refractivity (Wildman–Crippen MR) is 76.2 cm³/mol. The molecule has 0 amide bonds. The molecule has 1 aromatic rings. The molecule has 0 heterocycles. The van der Waals surface area contributed by atoms with Crippen molar-refractivity contribution in [1.82, 2.24) is 0 Å². The SMILES string of the molecule is Cc1cccc(NCCC(C)(C)C(N)=NO)c1C. The lowest BCUT2D eigenvalue weighted by atomic mass is 9.88. The highest BCUT2D eigenvalue weighted by Gasteiger charge is 2.22. The lowest BCUT2D eigenvalue weighted by Crippen LogP contribution is -2.33. The first kappa shape index (κ1) is 14.4. The molecule has 0 aromatic heterocycles. The highest BCUT2D eigenvalue weighted by Crippen LogP contribution is 2.22. The van der Waals surface area contributed by atoms with Crippen LogP contribution in [0.4, 0.5) is 5.69 Å². The van der Waals surface area contributed by atoms with E-state index in [2.05, 4.69) is 36.5 Å². The Hall–Kier alpha value is -1.71. The van der Waals surface area contributed by atoms with Crippen molar-refractivity contribution in [2.75, 3.05) is 11.9 Å². The van der Waals surface area contributed by atoms with E-state index in [4.69, 9.17) is 10.9 Å². The van der Waals surface area contributed by atoms with Gasteiger partial charge in [0.05, 0.1) is 0 Å². The van der Waals surface area contributed by atoms with Gasteiger partial charge in [0.1, 0.15) is 5.84 Å². The summed E-state index contributed by atoms with van der Waals surface area (Å²) in [5.41, 5.74) is 9.03. The van der Waals surface area contributed by atoms with Gasteiger partial charge in [0, 0.05) is 17.6 Å². The number of nitrogens with one attached hydrogen (secondary N) is 1. The van der Waals surface area contributed by atoms with Crippen molar-refractivity contribution in [3.63, 3.8) is 0 Å². The molecule has 0 unspecified atom stereocenters. The summed E-state index contributed by atoms with van der Waals surface area (Å²) in [6.07, 6.45) is 0.802. The molecule has 4 N–H and O–H groups in total. The normalized spacial score (nSPS) is 12.6. The largest absolute Gasteiger partial charge is 0.409 e. The van der Waals surface area contributed by atoms with Crippen LogP contribution in [-0.4, -0.2) is 17.6 Å². The maximum absolute atomic E-state index is 8.71. The zero-order chi connectivity index (χ0) is 13.8. The van der Waals surface area contributed by atoms with Crippen molar-refractivity contribution in [2.45, 2.75) is 34.1 Å². The van der Waals surface area contributed by atoms with E-state index in [-0.39, 0.29) is 11.3 Å². The maximum atomic E-state index is 8.71. The van der Waals surface area contributed by atoms with E-state index < -0.39 is 0 Å². The van der Waals surface area contributed by atoms with Crippen molar-refractivity contribution in [3.05, 3.63) is 29.3 Å². The minimum Gasteiger partial charge on any atom is -0.409 e. The van der Waals surface area contributed by atoms with E-state index in [1.807, 2.05) is 19.9 Å². The van der Waals surface area contributed by atoms with Crippen LogP contribution in [0.15, 0.2) is 23.4 Å². The Morgan fingerprint density at radius 3 is 2.67 bits per heavy atom. The molecule has 4 nitrogen and oxygen atoms in total. The fourth-order valence-electron chi connectivity index (χ4n) is 1.72. The standard InChI is InChI=1S/C14H23N3O/c1-10-6-5-7-12(11(10)2)16-9-8-14(3,4)13(15)17-18/h5-7,16,18H,8-9H2,1-4H3,(H2,15,17). The van der Waals surface area contributed by atoms with Gasteiger partial charge in [0.25, 0.3) is 0 Å². The van der Waals surface area contributed by atoms with Gasteiger partial charge < -0.3 is 16.3 Å². The number of hydrogen-bond donors (Lipinski definition) is 3. The monoisotopic (exact) mass is 249 g/mol. The molecule has 0 aliphatic carbocycles. The second-order valence-electron chi connectivity index (χ2n) is 5.29. The lowest BCUT2D eigenvalue weighted by Gasteiger charge is -2.23. The molecule has 0 atom stereocenters. The molecule has 0 aliphatic rings. The molecule has 0 spiro atoms. The number of anilines is 1. The van der Waals surface area contributed by atoms with Gasteiger partial charge in [-0.15, -0.1) is 0 Å². The third-order valence-electron chi connectivity index (χ3n) is 3.47. The molecule has 1 aromatic carbocycles. The van der Waals surface area contributed by atoms with Gasteiger partial charge in [-0.05, 0) is 37.5 Å². The summed E-state index contributed by atoms with van der Waals surface area (Å²) in [6, 6.07) is 6.21. The fraction of sp³-hybridized carbons (Fsp3) is 0.500. The number of benzene rings is 1. The smallest absolute Gasteiger partial charge is 0.144 e. The Morgan fingerprint density at radius 2 is 2.06 bits per heavy atom. The fourth-order valence-corrected chi connectivity index (χ4v) is 1.72. The molecular weight excluding hydrogens is 226 g/mol. The molecule has 0 saturated heterocycles. The average molecular weight is 249 g/mol. The minimum atomic E-state index is -0.306. The van der Waals surface area contributed by atoms with E-state index in [9.17, 15) is 0 Å². The van der Waals surface area contributed by atoms with Crippen LogP contribution >= 0.6 is 0 Å². The molecule has 100 valence electrons. The van der Waals surface area contributed by atoms with E-state index in [1.165, 1.54) is 11.1 Å². The van der Waals surface area contributed by atoms with Crippen LogP contribution in [0.25, 0.3) is 0 Å². The first-order valence-electron chi connectivity index (χ1n) is 6.16. The Bertz CT molecular complexity index is 439. The maximum Gasteiger partial charge on any atom is 0.144 e. The highest BCUT2D eigenvalue weighted by atomic mass is 16.4. The molecule has 0 bridgehead atoms. The molecule has 0 saturated carbocycles. The molecule has 4 heteroatoms. The highest BCUT2D eigenvalue weighted by molar-refractivity contribution is 5.85. The molecule has 0 radical (unpaired) electrons. The third-order valence-corrected chi connectivity index (χ3v) is 3.47. The molecule has 0 aliphatic heterocycles. The van der Waals surface area contributed by atoms with Crippen molar-refractivity contribution in [1.29, 1.82) is 0 Å². The number of aryl methyl sites for hydroxylation is 1. The summed E-state index contributed by atoms with van der Waals surface area (Å²) < 4.78 is 0. The van der Waals surface area contributed by atoms with Crippen molar-refractivity contribution in [3.8, 4) is 0 Å². The van der Waals surface area contributed by atoms with Gasteiger partial charge in [0.2, 0.25) is 0 Å². The second-order valence-corrected chi connectivity index (χ2v) is 5.29. The number of oxime groups is 1.